The fourth-order valence-electron chi connectivity index (χ4n) is 4.96. The predicted molar refractivity (Wildman–Crippen MR) is 139 cm³/mol. The molecule has 1 aromatic heterocycles. The highest BCUT2D eigenvalue weighted by atomic mass is 16.4. The van der Waals surface area contributed by atoms with Crippen LogP contribution in [0, 0.1) is 5.92 Å². The van der Waals surface area contributed by atoms with Gasteiger partial charge in [-0.25, -0.2) is 9.59 Å². The van der Waals surface area contributed by atoms with Crippen LogP contribution in [-0.2, 0) is 9.59 Å². The Morgan fingerprint density at radius 1 is 0.868 bits per heavy atom. The number of aliphatic hydroxyl groups excluding tert-OH is 2. The number of aliphatic hydroxyl groups is 2. The van der Waals surface area contributed by atoms with Gasteiger partial charge in [-0.3, -0.25) is 4.79 Å². The molecule has 11 heteroatoms. The van der Waals surface area contributed by atoms with E-state index in [1.807, 2.05) is 24.3 Å². The lowest BCUT2D eigenvalue weighted by Gasteiger charge is -2.26. The number of rotatable bonds is 6. The number of carboxylic acid groups (broad SMARTS) is 2. The van der Waals surface area contributed by atoms with Gasteiger partial charge in [-0.1, -0.05) is 24.3 Å². The lowest BCUT2D eigenvalue weighted by atomic mass is 10.0. The van der Waals surface area contributed by atoms with Crippen LogP contribution in [0.5, 0.6) is 0 Å². The number of anilines is 1. The Hall–Kier alpha value is -4.06. The average Bonchev–Trinajstić information content (AvgIpc) is 3.47. The molecule has 3 aromatic rings. The van der Waals surface area contributed by atoms with Gasteiger partial charge in [-0.15, -0.1) is 0 Å². The van der Waals surface area contributed by atoms with Crippen molar-refractivity contribution in [1.82, 2.24) is 14.7 Å². The number of aliphatic carboxylic acids is 2. The summed E-state index contributed by atoms with van der Waals surface area (Å²) in [5.41, 5.74) is 4.30. The molecule has 4 N–H and O–H groups in total. The molecule has 4 atom stereocenters. The van der Waals surface area contributed by atoms with Crippen molar-refractivity contribution in [2.45, 2.75) is 24.7 Å². The monoisotopic (exact) mass is 522 g/mol. The van der Waals surface area contributed by atoms with Gasteiger partial charge >= 0.3 is 11.9 Å². The van der Waals surface area contributed by atoms with Crippen molar-refractivity contribution in [1.29, 1.82) is 0 Å². The quantitative estimate of drug-likeness (QED) is 0.367. The molecule has 0 saturated carbocycles. The molecular formula is C27H30N4O7. The number of carboxylic acids is 2. The second kappa shape index (κ2) is 11.5. The minimum absolute atomic E-state index is 0.124. The molecule has 0 spiro atoms. The summed E-state index contributed by atoms with van der Waals surface area (Å²) in [6, 6.07) is 20.7. The Labute approximate surface area is 218 Å². The molecule has 0 aliphatic carbocycles. The van der Waals surface area contributed by atoms with Crippen molar-refractivity contribution in [3.8, 4) is 16.8 Å². The molecule has 2 aliphatic rings. The maximum Gasteiger partial charge on any atom is 0.335 e. The Balaban J connectivity index is 0.000000289. The van der Waals surface area contributed by atoms with Crippen molar-refractivity contribution in [3.05, 3.63) is 77.2 Å². The summed E-state index contributed by atoms with van der Waals surface area (Å²) in [5, 5.41) is 36.7. The summed E-state index contributed by atoms with van der Waals surface area (Å²) < 4.78 is 1.41. The average molecular weight is 523 g/mol. The molecular weight excluding hydrogens is 492 g/mol. The van der Waals surface area contributed by atoms with E-state index in [0.29, 0.717) is 6.04 Å². The number of hydrogen-bond donors (Lipinski definition) is 4. The third-order valence-corrected chi connectivity index (χ3v) is 6.90. The molecule has 5 rings (SSSR count). The molecule has 38 heavy (non-hydrogen) atoms. The topological polar surface area (TPSA) is 156 Å². The van der Waals surface area contributed by atoms with Crippen LogP contribution >= 0.6 is 0 Å². The normalized spacial score (nSPS) is 20.2. The molecule has 2 fully saturated rings. The van der Waals surface area contributed by atoms with Gasteiger partial charge in [0, 0.05) is 43.6 Å². The molecule has 0 amide bonds. The van der Waals surface area contributed by atoms with Crippen LogP contribution in [0.1, 0.15) is 6.42 Å². The Kier molecular flexibility index (Phi) is 8.20. The zero-order valence-electron chi connectivity index (χ0n) is 20.8. The van der Waals surface area contributed by atoms with Gasteiger partial charge < -0.3 is 30.2 Å². The molecule has 3 heterocycles. The van der Waals surface area contributed by atoms with E-state index in [1.54, 1.807) is 12.3 Å². The van der Waals surface area contributed by atoms with E-state index in [-0.39, 0.29) is 5.56 Å². The summed E-state index contributed by atoms with van der Waals surface area (Å²) in [7, 11) is 2.22. The van der Waals surface area contributed by atoms with Crippen LogP contribution in [0.25, 0.3) is 16.8 Å². The molecule has 11 nitrogen and oxygen atoms in total. The third kappa shape index (κ3) is 5.91. The predicted octanol–water partition coefficient (Wildman–Crippen LogP) is 0.917. The zero-order valence-corrected chi connectivity index (χ0v) is 20.8. The number of aromatic nitrogens is 2. The summed E-state index contributed by atoms with van der Waals surface area (Å²) in [4.78, 5) is 36.5. The first-order chi connectivity index (χ1) is 18.2. The van der Waals surface area contributed by atoms with E-state index in [9.17, 15) is 14.4 Å². The van der Waals surface area contributed by atoms with E-state index >= 15 is 0 Å². The highest BCUT2D eigenvalue weighted by molar-refractivity contribution is 5.83. The fourth-order valence-corrected chi connectivity index (χ4v) is 4.96. The van der Waals surface area contributed by atoms with Crippen LogP contribution in [0.3, 0.4) is 0 Å². The first kappa shape index (κ1) is 27.0. The Morgan fingerprint density at radius 3 is 1.95 bits per heavy atom. The number of hydrogen-bond acceptors (Lipinski definition) is 8. The van der Waals surface area contributed by atoms with Crippen molar-refractivity contribution < 1.29 is 30.0 Å². The minimum atomic E-state index is -2.27. The first-order valence-electron chi connectivity index (χ1n) is 12.2. The maximum absolute atomic E-state index is 11.9. The van der Waals surface area contributed by atoms with Gasteiger partial charge in [-0.2, -0.15) is 9.78 Å². The fraction of sp³-hybridized carbons (Fsp3) is 0.333. The zero-order chi connectivity index (χ0) is 27.4. The molecule has 2 unspecified atom stereocenters. The summed E-state index contributed by atoms with van der Waals surface area (Å²) in [6.07, 6.45) is -1.61. The van der Waals surface area contributed by atoms with Crippen molar-refractivity contribution >= 4 is 17.6 Å². The highest BCUT2D eigenvalue weighted by Crippen LogP contribution is 2.35. The number of likely N-dealkylation sites (tertiary alicyclic amines) is 1. The molecule has 0 radical (unpaired) electrons. The van der Waals surface area contributed by atoms with Gasteiger partial charge in [0.25, 0.3) is 5.56 Å². The van der Waals surface area contributed by atoms with E-state index < -0.39 is 24.1 Å². The summed E-state index contributed by atoms with van der Waals surface area (Å²) in [5.74, 6) is -2.72. The van der Waals surface area contributed by atoms with Crippen LogP contribution in [0.15, 0.2) is 71.7 Å². The van der Waals surface area contributed by atoms with Gasteiger partial charge in [0.2, 0.25) is 0 Å². The van der Waals surface area contributed by atoms with E-state index in [1.165, 1.54) is 41.5 Å². The van der Waals surface area contributed by atoms with E-state index in [4.69, 9.17) is 20.4 Å². The molecule has 2 saturated heterocycles. The summed E-state index contributed by atoms with van der Waals surface area (Å²) >= 11 is 0. The number of nitrogens with zero attached hydrogens (tertiary/aromatic N) is 4. The standard InChI is InChI=1S/C23H24N4O.C4H6O6/c1-25-15-19-12-14-26(22(19)16-25)20-8-4-17(5-9-20)18-6-10-21(11-7-18)27-23(28)3-2-13-24-27;5-1(3(7)8)2(6)4(9)10/h2-11,13,19,22H,12,14-16H2,1H3;1-2,5-6H,(H,7,8)(H,9,10)/t19-,22+;/m1./s1. The second-order valence-electron chi connectivity index (χ2n) is 9.46. The lowest BCUT2D eigenvalue weighted by molar-refractivity contribution is -0.165. The van der Waals surface area contributed by atoms with Gasteiger partial charge in [-0.05, 0) is 60.8 Å². The van der Waals surface area contributed by atoms with E-state index in [2.05, 4.69) is 46.2 Å². The maximum atomic E-state index is 11.9. The largest absolute Gasteiger partial charge is 0.479 e. The molecule has 200 valence electrons. The highest BCUT2D eigenvalue weighted by Gasteiger charge is 2.39. The van der Waals surface area contributed by atoms with Crippen LogP contribution in [0.2, 0.25) is 0 Å². The van der Waals surface area contributed by atoms with Crippen molar-refractivity contribution in [2.75, 3.05) is 31.6 Å². The van der Waals surface area contributed by atoms with Crippen LogP contribution in [0.4, 0.5) is 5.69 Å². The SMILES string of the molecule is CN1C[C@H]2CCN(c3ccc(-c4ccc(-n5ncccc5=O)cc4)cc3)[C@H]2C1.O=C(O)C(O)C(O)C(=O)O. The van der Waals surface area contributed by atoms with Crippen LogP contribution in [-0.4, -0.2) is 92.0 Å². The smallest absolute Gasteiger partial charge is 0.335 e. The summed E-state index contributed by atoms with van der Waals surface area (Å²) in [6.45, 7) is 3.56. The van der Waals surface area contributed by atoms with Gasteiger partial charge in [0.05, 0.1) is 5.69 Å². The number of likely N-dealkylation sites (N-methyl/N-ethyl adjacent to an activating group) is 1. The lowest BCUT2D eigenvalue weighted by Crippen LogP contribution is -2.39. The molecule has 2 aliphatic heterocycles. The van der Waals surface area contributed by atoms with Crippen LogP contribution < -0.4 is 10.5 Å². The minimum Gasteiger partial charge on any atom is -0.479 e. The van der Waals surface area contributed by atoms with Gasteiger partial charge in [0.15, 0.2) is 12.2 Å². The Bertz CT molecular complexity index is 1310. The molecule has 0 bridgehead atoms. The number of carbonyl (C=O) groups is 2. The van der Waals surface area contributed by atoms with Crippen molar-refractivity contribution in [2.24, 2.45) is 5.92 Å². The van der Waals surface area contributed by atoms with Crippen molar-refractivity contribution in [3.63, 3.8) is 0 Å². The molecule has 2 aromatic carbocycles. The van der Waals surface area contributed by atoms with Gasteiger partial charge in [0.1, 0.15) is 0 Å². The first-order valence-corrected chi connectivity index (χ1v) is 12.2. The second-order valence-corrected chi connectivity index (χ2v) is 9.46. The number of benzene rings is 2. The Morgan fingerprint density at radius 2 is 1.42 bits per heavy atom. The number of fused-ring (bicyclic) bond motifs is 1. The van der Waals surface area contributed by atoms with E-state index in [0.717, 1.165) is 23.7 Å². The third-order valence-electron chi connectivity index (χ3n) is 6.90.